The Morgan fingerprint density at radius 1 is 1.20 bits per heavy atom. The molecular formula is C14H17N. The molecule has 0 amide bonds. The van der Waals surface area contributed by atoms with E-state index < -0.39 is 0 Å². The molecule has 0 radical (unpaired) electrons. The quantitative estimate of drug-likeness (QED) is 0.661. The van der Waals surface area contributed by atoms with Crippen LogP contribution in [0, 0.1) is 13.8 Å². The van der Waals surface area contributed by atoms with E-state index in [1.54, 1.807) is 0 Å². The Balaban J connectivity index is 0.000000531. The van der Waals surface area contributed by atoms with Crippen molar-refractivity contribution in [3.05, 3.63) is 54.8 Å². The summed E-state index contributed by atoms with van der Waals surface area (Å²) in [6.07, 6.45) is 1.87. The van der Waals surface area contributed by atoms with Crippen molar-refractivity contribution in [1.82, 2.24) is 4.98 Å². The molecule has 0 aliphatic heterocycles. The summed E-state index contributed by atoms with van der Waals surface area (Å²) >= 11 is 0. The standard InChI is InChI=1S/C12H13N.C2H4/c1-4-11-9(3)10-6-5-8(2)7-12(10)13-11;1-2/h4-7,13H,1H2,2-3H3;1-2H2. The number of aromatic nitrogens is 1. The summed E-state index contributed by atoms with van der Waals surface area (Å²) in [6.45, 7) is 14.0. The lowest BCUT2D eigenvalue weighted by Crippen LogP contribution is -1.72. The smallest absolute Gasteiger partial charge is 0.0464 e. The van der Waals surface area contributed by atoms with Crippen LogP contribution in [0.5, 0.6) is 0 Å². The van der Waals surface area contributed by atoms with Crippen LogP contribution in [-0.2, 0) is 0 Å². The van der Waals surface area contributed by atoms with E-state index >= 15 is 0 Å². The number of benzene rings is 1. The zero-order valence-corrected chi connectivity index (χ0v) is 9.43. The number of aromatic amines is 1. The third-order valence-electron chi connectivity index (χ3n) is 2.46. The summed E-state index contributed by atoms with van der Waals surface area (Å²) in [5.74, 6) is 0. The van der Waals surface area contributed by atoms with Gasteiger partial charge >= 0.3 is 0 Å². The summed E-state index contributed by atoms with van der Waals surface area (Å²) in [5, 5.41) is 1.29. The maximum absolute atomic E-state index is 3.78. The first kappa shape index (κ1) is 11.3. The Kier molecular flexibility index (Phi) is 3.51. The molecule has 0 unspecified atom stereocenters. The number of aryl methyl sites for hydroxylation is 2. The minimum absolute atomic E-state index is 1.13. The highest BCUT2D eigenvalue weighted by Gasteiger charge is 2.03. The van der Waals surface area contributed by atoms with Crippen molar-refractivity contribution in [3.63, 3.8) is 0 Å². The monoisotopic (exact) mass is 199 g/mol. The van der Waals surface area contributed by atoms with E-state index in [4.69, 9.17) is 0 Å². The highest BCUT2D eigenvalue weighted by Crippen LogP contribution is 2.22. The molecule has 1 heterocycles. The van der Waals surface area contributed by atoms with Gasteiger partial charge in [0.2, 0.25) is 0 Å². The van der Waals surface area contributed by atoms with E-state index in [1.807, 2.05) is 6.08 Å². The third-order valence-corrected chi connectivity index (χ3v) is 2.46. The fourth-order valence-corrected chi connectivity index (χ4v) is 1.68. The van der Waals surface area contributed by atoms with Gasteiger partial charge in [0.25, 0.3) is 0 Å². The summed E-state index contributed by atoms with van der Waals surface area (Å²) in [7, 11) is 0. The molecule has 0 bridgehead atoms. The third kappa shape index (κ3) is 2.01. The van der Waals surface area contributed by atoms with Gasteiger partial charge in [-0.25, -0.2) is 0 Å². The second kappa shape index (κ2) is 4.65. The zero-order chi connectivity index (χ0) is 11.4. The first-order valence-electron chi connectivity index (χ1n) is 4.93. The molecule has 78 valence electrons. The molecular weight excluding hydrogens is 182 g/mol. The van der Waals surface area contributed by atoms with Crippen LogP contribution in [0.3, 0.4) is 0 Å². The fraction of sp³-hybridized carbons (Fsp3) is 0.143. The molecule has 2 aromatic rings. The molecule has 15 heavy (non-hydrogen) atoms. The summed E-state index contributed by atoms with van der Waals surface area (Å²) in [5.41, 5.74) is 4.89. The lowest BCUT2D eigenvalue weighted by atomic mass is 10.1. The average Bonchev–Trinajstić information content (AvgIpc) is 2.58. The van der Waals surface area contributed by atoms with Crippen molar-refractivity contribution in [1.29, 1.82) is 0 Å². The van der Waals surface area contributed by atoms with Gasteiger partial charge in [0.15, 0.2) is 0 Å². The van der Waals surface area contributed by atoms with Crippen LogP contribution < -0.4 is 0 Å². The Morgan fingerprint density at radius 3 is 2.47 bits per heavy atom. The van der Waals surface area contributed by atoms with Crippen molar-refractivity contribution in [2.75, 3.05) is 0 Å². The van der Waals surface area contributed by atoms with Crippen LogP contribution in [0.4, 0.5) is 0 Å². The van der Waals surface area contributed by atoms with Gasteiger partial charge in [0.1, 0.15) is 0 Å². The molecule has 0 fully saturated rings. The molecule has 1 N–H and O–H groups in total. The van der Waals surface area contributed by atoms with Crippen molar-refractivity contribution in [2.45, 2.75) is 13.8 Å². The van der Waals surface area contributed by atoms with Gasteiger partial charge in [-0.1, -0.05) is 18.7 Å². The number of H-pyrrole nitrogens is 1. The van der Waals surface area contributed by atoms with Crippen LogP contribution in [-0.4, -0.2) is 4.98 Å². The molecule has 0 spiro atoms. The Labute approximate surface area is 91.1 Å². The Bertz CT molecular complexity index is 477. The van der Waals surface area contributed by atoms with Crippen LogP contribution in [0.2, 0.25) is 0 Å². The van der Waals surface area contributed by atoms with Crippen LogP contribution >= 0.6 is 0 Å². The molecule has 1 aromatic carbocycles. The first-order valence-corrected chi connectivity index (χ1v) is 4.93. The second-order valence-electron chi connectivity index (χ2n) is 3.42. The maximum atomic E-state index is 3.78. The summed E-state index contributed by atoms with van der Waals surface area (Å²) in [6, 6.07) is 6.45. The number of nitrogens with one attached hydrogen (secondary N) is 1. The van der Waals surface area contributed by atoms with E-state index in [1.165, 1.54) is 22.0 Å². The second-order valence-corrected chi connectivity index (χ2v) is 3.42. The highest BCUT2D eigenvalue weighted by atomic mass is 14.7. The summed E-state index contributed by atoms with van der Waals surface area (Å²) in [4.78, 5) is 3.34. The van der Waals surface area contributed by atoms with Gasteiger partial charge in [0.05, 0.1) is 0 Å². The predicted octanol–water partition coefficient (Wildman–Crippen LogP) is 4.23. The number of hydrogen-bond donors (Lipinski definition) is 1. The maximum Gasteiger partial charge on any atom is 0.0464 e. The van der Waals surface area contributed by atoms with Crippen molar-refractivity contribution in [2.24, 2.45) is 0 Å². The van der Waals surface area contributed by atoms with Gasteiger partial charge < -0.3 is 4.98 Å². The van der Waals surface area contributed by atoms with Crippen LogP contribution in [0.25, 0.3) is 17.0 Å². The van der Waals surface area contributed by atoms with E-state index in [0.717, 1.165) is 5.69 Å². The first-order chi connectivity index (χ1) is 7.22. The number of fused-ring (bicyclic) bond motifs is 1. The van der Waals surface area contributed by atoms with E-state index in [0.29, 0.717) is 0 Å². The SMILES string of the molecule is C=C.C=Cc1[nH]c2cc(C)ccc2c1C. The molecule has 0 saturated heterocycles. The normalized spacial score (nSPS) is 9.47. The molecule has 1 heteroatoms. The molecule has 0 saturated carbocycles. The van der Waals surface area contributed by atoms with E-state index in [-0.39, 0.29) is 0 Å². The average molecular weight is 199 g/mol. The van der Waals surface area contributed by atoms with Gasteiger partial charge in [-0.2, -0.15) is 0 Å². The predicted molar refractivity (Wildman–Crippen MR) is 69.1 cm³/mol. The Hall–Kier alpha value is -1.76. The molecule has 2 rings (SSSR count). The van der Waals surface area contributed by atoms with Crippen molar-refractivity contribution in [3.8, 4) is 0 Å². The van der Waals surface area contributed by atoms with Crippen molar-refractivity contribution < 1.29 is 0 Å². The van der Waals surface area contributed by atoms with Gasteiger partial charge in [-0.3, -0.25) is 0 Å². The molecule has 0 aliphatic carbocycles. The topological polar surface area (TPSA) is 15.8 Å². The van der Waals surface area contributed by atoms with Crippen LogP contribution in [0.15, 0.2) is 37.9 Å². The van der Waals surface area contributed by atoms with Gasteiger partial charge in [0, 0.05) is 16.6 Å². The highest BCUT2D eigenvalue weighted by molar-refractivity contribution is 5.87. The lowest BCUT2D eigenvalue weighted by molar-refractivity contribution is 1.37. The van der Waals surface area contributed by atoms with E-state index in [9.17, 15) is 0 Å². The van der Waals surface area contributed by atoms with Crippen LogP contribution in [0.1, 0.15) is 16.8 Å². The lowest BCUT2D eigenvalue weighted by Gasteiger charge is -1.92. The van der Waals surface area contributed by atoms with Gasteiger partial charge in [-0.15, -0.1) is 13.2 Å². The van der Waals surface area contributed by atoms with Crippen molar-refractivity contribution >= 4 is 17.0 Å². The Morgan fingerprint density at radius 2 is 1.87 bits per heavy atom. The largest absolute Gasteiger partial charge is 0.355 e. The molecule has 0 atom stereocenters. The minimum Gasteiger partial charge on any atom is -0.355 e. The fourth-order valence-electron chi connectivity index (χ4n) is 1.68. The summed E-state index contributed by atoms with van der Waals surface area (Å²) < 4.78 is 0. The molecule has 1 aromatic heterocycles. The zero-order valence-electron chi connectivity index (χ0n) is 9.43. The number of hydrogen-bond acceptors (Lipinski definition) is 0. The molecule has 0 aliphatic rings. The number of rotatable bonds is 1. The van der Waals surface area contributed by atoms with E-state index in [2.05, 4.69) is 56.8 Å². The minimum atomic E-state index is 1.13. The van der Waals surface area contributed by atoms with Gasteiger partial charge in [-0.05, 0) is 37.1 Å². The molecule has 1 nitrogen and oxygen atoms in total.